The predicted octanol–water partition coefficient (Wildman–Crippen LogP) is 3.55. The molecule has 0 saturated carbocycles. The number of hydrogen-bond acceptors (Lipinski definition) is 4. The first-order valence-electron chi connectivity index (χ1n) is 7.98. The summed E-state index contributed by atoms with van der Waals surface area (Å²) >= 11 is 1.14. The number of nitrogens with one attached hydrogen (secondary N) is 1. The zero-order chi connectivity index (χ0) is 16.5. The van der Waals surface area contributed by atoms with Gasteiger partial charge in [0, 0.05) is 11.3 Å². The molecular weight excluding hydrogens is 300 g/mol. The lowest BCUT2D eigenvalue weighted by Crippen LogP contribution is -2.21. The van der Waals surface area contributed by atoms with Gasteiger partial charge in [-0.25, -0.2) is 4.98 Å². The minimum Gasteiger partial charge on any atom is -0.480 e. The van der Waals surface area contributed by atoms with Gasteiger partial charge in [0.1, 0.15) is 5.25 Å². The van der Waals surface area contributed by atoms with Gasteiger partial charge < -0.3 is 10.1 Å². The van der Waals surface area contributed by atoms with E-state index in [2.05, 4.69) is 16.9 Å². The molecule has 0 fully saturated rings. The molecule has 1 unspecified atom stereocenters. The second-order valence-corrected chi connectivity index (χ2v) is 6.67. The molecule has 22 heavy (non-hydrogen) atoms. The van der Waals surface area contributed by atoms with Crippen LogP contribution in [0.25, 0.3) is 0 Å². The second-order valence-electron chi connectivity index (χ2n) is 5.48. The van der Waals surface area contributed by atoms with Crippen LogP contribution in [0.3, 0.4) is 0 Å². The number of carbonyl (C=O) groups is 1. The van der Waals surface area contributed by atoms with E-state index in [4.69, 9.17) is 0 Å². The molecule has 2 N–H and O–H groups in total. The zero-order valence-corrected chi connectivity index (χ0v) is 14.5. The molecule has 124 valence electrons. The average molecular weight is 326 g/mol. The van der Waals surface area contributed by atoms with Crippen LogP contribution in [-0.2, 0) is 11.2 Å². The first-order chi connectivity index (χ1) is 10.5. The van der Waals surface area contributed by atoms with E-state index in [0.717, 1.165) is 55.9 Å². The van der Waals surface area contributed by atoms with Crippen LogP contribution < -0.4 is 5.56 Å². The molecule has 0 aliphatic carbocycles. The molecule has 0 spiro atoms. The highest BCUT2D eigenvalue weighted by Gasteiger charge is 2.20. The standard InChI is InChI=1S/C16H26N2O3S/c1-4-6-8-9-12-11(3)17-16(18-14(12)19)22-13(15(20)21)10-7-5-2/h13H,4-10H2,1-3H3,(H,20,21)(H,17,18,19). The molecule has 0 aliphatic rings. The van der Waals surface area contributed by atoms with Crippen molar-refractivity contribution in [2.24, 2.45) is 0 Å². The first-order valence-corrected chi connectivity index (χ1v) is 8.86. The molecule has 0 bridgehead atoms. The van der Waals surface area contributed by atoms with Crippen LogP contribution in [0.4, 0.5) is 0 Å². The Morgan fingerprint density at radius 2 is 1.95 bits per heavy atom. The Labute approximate surface area is 135 Å². The minimum absolute atomic E-state index is 0.134. The van der Waals surface area contributed by atoms with E-state index in [-0.39, 0.29) is 5.56 Å². The Morgan fingerprint density at radius 1 is 1.27 bits per heavy atom. The molecule has 0 radical (unpaired) electrons. The van der Waals surface area contributed by atoms with Crippen LogP contribution in [0.5, 0.6) is 0 Å². The van der Waals surface area contributed by atoms with E-state index >= 15 is 0 Å². The highest BCUT2D eigenvalue weighted by atomic mass is 32.2. The SMILES string of the molecule is CCCCCc1c(C)nc(SC(CCCC)C(=O)O)[nH]c1=O. The van der Waals surface area contributed by atoms with Crippen molar-refractivity contribution in [3.8, 4) is 0 Å². The van der Waals surface area contributed by atoms with Crippen molar-refractivity contribution >= 4 is 17.7 Å². The molecular formula is C16H26N2O3S. The Kier molecular flexibility index (Phi) is 8.24. The number of carboxylic acids is 1. The molecule has 1 heterocycles. The summed E-state index contributed by atoms with van der Waals surface area (Å²) in [6.45, 7) is 5.97. The second kappa shape index (κ2) is 9.66. The van der Waals surface area contributed by atoms with E-state index < -0.39 is 11.2 Å². The van der Waals surface area contributed by atoms with Gasteiger partial charge in [0.15, 0.2) is 5.16 Å². The number of aryl methyl sites for hydroxylation is 1. The van der Waals surface area contributed by atoms with Gasteiger partial charge in [0.05, 0.1) is 0 Å². The van der Waals surface area contributed by atoms with Gasteiger partial charge in [-0.3, -0.25) is 9.59 Å². The Balaban J connectivity index is 2.84. The zero-order valence-electron chi connectivity index (χ0n) is 13.6. The third-order valence-electron chi connectivity index (χ3n) is 3.58. The van der Waals surface area contributed by atoms with E-state index in [0.29, 0.717) is 17.3 Å². The number of unbranched alkanes of at least 4 members (excludes halogenated alkanes) is 3. The van der Waals surface area contributed by atoms with Crippen LogP contribution in [0, 0.1) is 6.92 Å². The van der Waals surface area contributed by atoms with Crippen molar-refractivity contribution in [3.05, 3.63) is 21.6 Å². The quantitative estimate of drug-likeness (QED) is 0.390. The number of nitrogens with zero attached hydrogens (tertiary/aromatic N) is 1. The van der Waals surface area contributed by atoms with E-state index in [1.807, 2.05) is 13.8 Å². The monoisotopic (exact) mass is 326 g/mol. The summed E-state index contributed by atoms with van der Waals surface area (Å²) in [6.07, 6.45) is 6.28. The molecule has 0 aliphatic heterocycles. The highest BCUT2D eigenvalue weighted by molar-refractivity contribution is 8.00. The van der Waals surface area contributed by atoms with Gasteiger partial charge in [-0.15, -0.1) is 0 Å². The van der Waals surface area contributed by atoms with E-state index in [1.54, 1.807) is 0 Å². The van der Waals surface area contributed by atoms with Crippen LogP contribution in [-0.4, -0.2) is 26.3 Å². The maximum absolute atomic E-state index is 12.2. The lowest BCUT2D eigenvalue weighted by atomic mass is 10.1. The Bertz CT molecular complexity index is 543. The van der Waals surface area contributed by atoms with Crippen molar-refractivity contribution in [2.75, 3.05) is 0 Å². The molecule has 1 atom stereocenters. The number of rotatable bonds is 10. The summed E-state index contributed by atoms with van der Waals surface area (Å²) in [4.78, 5) is 30.6. The maximum atomic E-state index is 12.2. The molecule has 1 rings (SSSR count). The number of aromatic amines is 1. The number of H-pyrrole nitrogens is 1. The van der Waals surface area contributed by atoms with Gasteiger partial charge in [-0.1, -0.05) is 51.3 Å². The van der Waals surface area contributed by atoms with Crippen molar-refractivity contribution in [3.63, 3.8) is 0 Å². The number of carboxylic acid groups (broad SMARTS) is 1. The summed E-state index contributed by atoms with van der Waals surface area (Å²) in [5.41, 5.74) is 1.30. The molecule has 0 aromatic carbocycles. The third-order valence-corrected chi connectivity index (χ3v) is 4.72. The number of aromatic nitrogens is 2. The smallest absolute Gasteiger partial charge is 0.317 e. The lowest BCUT2D eigenvalue weighted by Gasteiger charge is -2.12. The predicted molar refractivity (Wildman–Crippen MR) is 89.6 cm³/mol. The fourth-order valence-electron chi connectivity index (χ4n) is 2.24. The van der Waals surface area contributed by atoms with Gasteiger partial charge in [-0.2, -0.15) is 0 Å². The topological polar surface area (TPSA) is 83.0 Å². The Hall–Kier alpha value is -1.30. The van der Waals surface area contributed by atoms with Crippen molar-refractivity contribution in [2.45, 2.75) is 76.1 Å². The van der Waals surface area contributed by atoms with Gasteiger partial charge in [-0.05, 0) is 26.2 Å². The van der Waals surface area contributed by atoms with E-state index in [9.17, 15) is 14.7 Å². The van der Waals surface area contributed by atoms with Crippen LogP contribution in [0.1, 0.15) is 63.6 Å². The van der Waals surface area contributed by atoms with Crippen LogP contribution in [0.2, 0.25) is 0 Å². The van der Waals surface area contributed by atoms with E-state index in [1.165, 1.54) is 0 Å². The number of hydrogen-bond donors (Lipinski definition) is 2. The van der Waals surface area contributed by atoms with Crippen LogP contribution >= 0.6 is 11.8 Å². The maximum Gasteiger partial charge on any atom is 0.317 e. The van der Waals surface area contributed by atoms with Gasteiger partial charge in [0.25, 0.3) is 5.56 Å². The minimum atomic E-state index is -0.856. The summed E-state index contributed by atoms with van der Waals surface area (Å²) in [6, 6.07) is 0. The van der Waals surface area contributed by atoms with Crippen molar-refractivity contribution in [1.82, 2.24) is 9.97 Å². The Morgan fingerprint density at radius 3 is 2.50 bits per heavy atom. The number of thioether (sulfide) groups is 1. The highest BCUT2D eigenvalue weighted by Crippen LogP contribution is 2.24. The molecule has 6 heteroatoms. The van der Waals surface area contributed by atoms with Gasteiger partial charge >= 0.3 is 5.97 Å². The molecule has 1 aromatic rings. The fourth-order valence-corrected chi connectivity index (χ4v) is 3.24. The normalized spacial score (nSPS) is 12.3. The van der Waals surface area contributed by atoms with Crippen molar-refractivity contribution in [1.29, 1.82) is 0 Å². The van der Waals surface area contributed by atoms with Gasteiger partial charge in [0.2, 0.25) is 0 Å². The first kappa shape index (κ1) is 18.7. The molecule has 0 amide bonds. The largest absolute Gasteiger partial charge is 0.480 e. The summed E-state index contributed by atoms with van der Waals surface area (Å²) < 4.78 is 0. The van der Waals surface area contributed by atoms with Crippen LogP contribution in [0.15, 0.2) is 9.95 Å². The summed E-state index contributed by atoms with van der Waals surface area (Å²) in [7, 11) is 0. The number of aliphatic carboxylic acids is 1. The summed E-state index contributed by atoms with van der Waals surface area (Å²) in [5.74, 6) is -0.856. The fraction of sp³-hybridized carbons (Fsp3) is 0.688. The average Bonchev–Trinajstić information content (AvgIpc) is 2.46. The summed E-state index contributed by atoms with van der Waals surface area (Å²) in [5, 5.41) is 9.10. The lowest BCUT2D eigenvalue weighted by molar-refractivity contribution is -0.136. The molecule has 1 aromatic heterocycles. The molecule has 0 saturated heterocycles. The third kappa shape index (κ3) is 5.83. The molecule has 5 nitrogen and oxygen atoms in total. The van der Waals surface area contributed by atoms with Crippen molar-refractivity contribution < 1.29 is 9.90 Å².